The van der Waals surface area contributed by atoms with E-state index in [4.69, 9.17) is 0 Å². The lowest BCUT2D eigenvalue weighted by atomic mass is 10.1. The van der Waals surface area contributed by atoms with E-state index in [1.165, 1.54) is 6.21 Å². The van der Waals surface area contributed by atoms with Crippen LogP contribution in [0, 0.1) is 29.1 Å². The van der Waals surface area contributed by atoms with E-state index in [2.05, 4.69) is 9.67 Å². The Balaban J connectivity index is 1.76. The summed E-state index contributed by atoms with van der Waals surface area (Å²) in [7, 11) is 1.11. The van der Waals surface area contributed by atoms with Gasteiger partial charge in [-0.15, -0.1) is 0 Å². The molecule has 0 N–H and O–H groups in total. The first kappa shape index (κ1) is 19.9. The first-order valence-corrected chi connectivity index (χ1v) is 9.15. The molecule has 0 aliphatic rings. The summed E-state index contributed by atoms with van der Waals surface area (Å²) < 4.78 is 70.2. The van der Waals surface area contributed by atoms with Crippen molar-refractivity contribution in [2.75, 3.05) is 12.1 Å². The Morgan fingerprint density at radius 3 is 2.10 bits per heavy atom. The zero-order valence-corrected chi connectivity index (χ0v) is 16.1. The largest absolute Gasteiger partial charge is 0.341 e. The summed E-state index contributed by atoms with van der Waals surface area (Å²) >= 11 is 0. The highest BCUT2D eigenvalue weighted by atomic mass is 19.2. The van der Waals surface area contributed by atoms with Crippen LogP contribution in [0.2, 0.25) is 0 Å². The van der Waals surface area contributed by atoms with Gasteiger partial charge in [-0.3, -0.25) is 5.01 Å². The standard InChI is InChI=1S/C22H16F5N3/c1-3-30-15-7-5-4-6-13(15)14-10-12(8-9-16(14)30)11-28-29(2)22-20(26)18(24)17(23)19(25)21(22)27/h4-11H,3H2,1-2H3. The molecule has 4 rings (SSSR count). The average molecular weight is 417 g/mol. The molecule has 0 radical (unpaired) electrons. The number of fused-ring (bicyclic) bond motifs is 3. The highest BCUT2D eigenvalue weighted by molar-refractivity contribution is 6.09. The number of hydrogen-bond acceptors (Lipinski definition) is 2. The van der Waals surface area contributed by atoms with Gasteiger partial charge in [0.1, 0.15) is 5.69 Å². The van der Waals surface area contributed by atoms with Crippen molar-refractivity contribution in [3.05, 3.63) is 77.1 Å². The number of halogens is 5. The van der Waals surface area contributed by atoms with E-state index in [1.54, 1.807) is 6.07 Å². The summed E-state index contributed by atoms with van der Waals surface area (Å²) in [4.78, 5) is 0. The van der Waals surface area contributed by atoms with E-state index >= 15 is 0 Å². The third-order valence-corrected chi connectivity index (χ3v) is 5.00. The van der Waals surface area contributed by atoms with Crippen LogP contribution in [-0.4, -0.2) is 17.8 Å². The van der Waals surface area contributed by atoms with Crippen molar-refractivity contribution in [2.24, 2.45) is 5.10 Å². The molecule has 0 aliphatic heterocycles. The zero-order chi connectivity index (χ0) is 21.6. The van der Waals surface area contributed by atoms with Crippen molar-refractivity contribution in [1.29, 1.82) is 0 Å². The minimum absolute atomic E-state index is 0.609. The van der Waals surface area contributed by atoms with Gasteiger partial charge in [0.25, 0.3) is 0 Å². The molecule has 0 bridgehead atoms. The van der Waals surface area contributed by atoms with Crippen LogP contribution < -0.4 is 5.01 Å². The molecular weight excluding hydrogens is 401 g/mol. The maximum Gasteiger partial charge on any atom is 0.200 e. The third-order valence-electron chi connectivity index (χ3n) is 5.00. The quantitative estimate of drug-likeness (QED) is 0.132. The number of aryl methyl sites for hydroxylation is 1. The summed E-state index contributed by atoms with van der Waals surface area (Å²) in [5.41, 5.74) is 1.58. The molecule has 0 amide bonds. The Bertz CT molecular complexity index is 1280. The number of aromatic nitrogens is 1. The maximum atomic E-state index is 14.0. The van der Waals surface area contributed by atoms with Gasteiger partial charge in [0.15, 0.2) is 23.3 Å². The van der Waals surface area contributed by atoms with Gasteiger partial charge < -0.3 is 4.57 Å². The van der Waals surface area contributed by atoms with Gasteiger partial charge in [-0.25, -0.2) is 22.0 Å². The fraction of sp³-hybridized carbons (Fsp3) is 0.136. The van der Waals surface area contributed by atoms with Gasteiger partial charge in [-0.05, 0) is 30.7 Å². The number of hydrazone groups is 1. The molecule has 154 valence electrons. The normalized spacial score (nSPS) is 11.8. The predicted octanol–water partition coefficient (Wildman–Crippen LogP) is 5.98. The fourth-order valence-electron chi connectivity index (χ4n) is 3.58. The summed E-state index contributed by atoms with van der Waals surface area (Å²) in [6.07, 6.45) is 1.30. The van der Waals surface area contributed by atoms with Crippen LogP contribution in [0.5, 0.6) is 0 Å². The minimum atomic E-state index is -2.20. The number of rotatable bonds is 4. The van der Waals surface area contributed by atoms with E-state index < -0.39 is 34.8 Å². The third kappa shape index (κ3) is 2.99. The summed E-state index contributed by atoms with van der Waals surface area (Å²) in [6, 6.07) is 13.4. The summed E-state index contributed by atoms with van der Waals surface area (Å²) in [5.74, 6) is -10.1. The number of hydrogen-bond donors (Lipinski definition) is 0. The maximum absolute atomic E-state index is 14.0. The van der Waals surface area contributed by atoms with Crippen molar-refractivity contribution in [2.45, 2.75) is 13.5 Å². The Morgan fingerprint density at radius 2 is 1.43 bits per heavy atom. The summed E-state index contributed by atoms with van der Waals surface area (Å²) in [5, 5.41) is 6.51. The topological polar surface area (TPSA) is 20.5 Å². The number of benzene rings is 3. The molecule has 0 unspecified atom stereocenters. The number of para-hydroxylation sites is 1. The van der Waals surface area contributed by atoms with Gasteiger partial charge in [-0.2, -0.15) is 5.10 Å². The van der Waals surface area contributed by atoms with E-state index in [1.807, 2.05) is 43.3 Å². The van der Waals surface area contributed by atoms with E-state index in [0.29, 0.717) is 10.6 Å². The Kier molecular flexibility index (Phi) is 4.93. The number of anilines is 1. The second-order valence-corrected chi connectivity index (χ2v) is 6.72. The molecular formula is C22H16F5N3. The van der Waals surface area contributed by atoms with Gasteiger partial charge >= 0.3 is 0 Å². The highest BCUT2D eigenvalue weighted by Crippen LogP contribution is 2.31. The van der Waals surface area contributed by atoms with Crippen molar-refractivity contribution in [3.8, 4) is 0 Å². The van der Waals surface area contributed by atoms with Gasteiger partial charge in [-0.1, -0.05) is 24.3 Å². The first-order chi connectivity index (χ1) is 14.3. The van der Waals surface area contributed by atoms with Gasteiger partial charge in [0.2, 0.25) is 5.82 Å². The SMILES string of the molecule is CCn1c2ccccc2c2cc(C=NN(C)c3c(F)c(F)c(F)c(F)c3F)ccc21. The molecule has 0 spiro atoms. The Hall–Kier alpha value is -3.42. The Morgan fingerprint density at radius 1 is 0.833 bits per heavy atom. The smallest absolute Gasteiger partial charge is 0.200 e. The first-order valence-electron chi connectivity index (χ1n) is 9.15. The van der Waals surface area contributed by atoms with E-state index in [-0.39, 0.29) is 0 Å². The zero-order valence-electron chi connectivity index (χ0n) is 16.1. The van der Waals surface area contributed by atoms with Crippen molar-refractivity contribution in [3.63, 3.8) is 0 Å². The van der Waals surface area contributed by atoms with E-state index in [9.17, 15) is 22.0 Å². The van der Waals surface area contributed by atoms with Crippen molar-refractivity contribution < 1.29 is 22.0 Å². The molecule has 0 atom stereocenters. The second-order valence-electron chi connectivity index (χ2n) is 6.72. The fourth-order valence-corrected chi connectivity index (χ4v) is 3.58. The molecule has 1 aromatic heterocycles. The van der Waals surface area contributed by atoms with Crippen LogP contribution in [0.4, 0.5) is 27.6 Å². The minimum Gasteiger partial charge on any atom is -0.341 e. The number of nitrogens with zero attached hydrogens (tertiary/aromatic N) is 3. The molecule has 3 nitrogen and oxygen atoms in total. The predicted molar refractivity (Wildman–Crippen MR) is 107 cm³/mol. The second kappa shape index (κ2) is 7.44. The van der Waals surface area contributed by atoms with Crippen molar-refractivity contribution in [1.82, 2.24) is 4.57 Å². The lowest BCUT2D eigenvalue weighted by molar-refractivity contribution is 0.379. The Labute approximate surface area is 168 Å². The molecule has 0 saturated heterocycles. The monoisotopic (exact) mass is 417 g/mol. The molecule has 0 saturated carbocycles. The molecule has 3 aromatic carbocycles. The van der Waals surface area contributed by atoms with Crippen LogP contribution in [0.15, 0.2) is 47.6 Å². The molecule has 1 heterocycles. The molecule has 4 aromatic rings. The van der Waals surface area contributed by atoms with E-state index in [0.717, 1.165) is 35.4 Å². The lowest BCUT2D eigenvalue weighted by Crippen LogP contribution is -2.16. The van der Waals surface area contributed by atoms with Crippen LogP contribution in [-0.2, 0) is 6.54 Å². The van der Waals surface area contributed by atoms with Gasteiger partial charge in [0, 0.05) is 35.4 Å². The van der Waals surface area contributed by atoms with Gasteiger partial charge in [0.05, 0.1) is 6.21 Å². The van der Waals surface area contributed by atoms with Crippen molar-refractivity contribution >= 4 is 33.7 Å². The molecule has 30 heavy (non-hydrogen) atoms. The lowest BCUT2D eigenvalue weighted by Gasteiger charge is -2.15. The molecule has 0 aliphatic carbocycles. The highest BCUT2D eigenvalue weighted by Gasteiger charge is 2.27. The average Bonchev–Trinajstić information content (AvgIpc) is 3.08. The summed E-state index contributed by atoms with van der Waals surface area (Å²) in [6.45, 7) is 2.82. The van der Waals surface area contributed by atoms with Crippen LogP contribution in [0.1, 0.15) is 12.5 Å². The molecule has 8 heteroatoms. The van der Waals surface area contributed by atoms with Crippen LogP contribution in [0.25, 0.3) is 21.8 Å². The van der Waals surface area contributed by atoms with Crippen LogP contribution >= 0.6 is 0 Å². The van der Waals surface area contributed by atoms with Crippen LogP contribution in [0.3, 0.4) is 0 Å². The molecule has 0 fully saturated rings.